The molecule has 0 aliphatic carbocycles. The van der Waals surface area contributed by atoms with Gasteiger partial charge in [0, 0.05) is 0 Å². The maximum atomic E-state index is 11.7. The summed E-state index contributed by atoms with van der Waals surface area (Å²) in [6, 6.07) is 8.55. The van der Waals surface area contributed by atoms with Crippen molar-refractivity contribution in [3.8, 4) is 11.5 Å². The number of halogens is 1. The Labute approximate surface area is 136 Å². The second kappa shape index (κ2) is 7.65. The molecule has 0 bridgehead atoms. The van der Waals surface area contributed by atoms with Crippen molar-refractivity contribution in [2.45, 2.75) is 6.92 Å². The highest BCUT2D eigenvalue weighted by Gasteiger charge is 2.09. The number of methoxy groups -OCH3 is 1. The average molecular weight is 367 g/mol. The predicted molar refractivity (Wildman–Crippen MR) is 85.6 cm³/mol. The Morgan fingerprint density at radius 2 is 2.18 bits per heavy atom. The molecule has 0 aliphatic rings. The Kier molecular flexibility index (Phi) is 5.60. The zero-order valence-electron chi connectivity index (χ0n) is 12.1. The molecule has 1 aromatic heterocycles. The Morgan fingerprint density at radius 1 is 1.36 bits per heavy atom. The SMILES string of the molecule is CCOc1ccc(/C=N\NC(=O)c2ccc(Br)o2)cc1OC. The molecule has 2 aromatic rings. The lowest BCUT2D eigenvalue weighted by Gasteiger charge is -2.09. The molecular weight excluding hydrogens is 352 g/mol. The number of hydrogen-bond acceptors (Lipinski definition) is 5. The third-order valence-corrected chi connectivity index (χ3v) is 3.09. The highest BCUT2D eigenvalue weighted by Crippen LogP contribution is 2.27. The molecule has 1 N–H and O–H groups in total. The highest BCUT2D eigenvalue weighted by atomic mass is 79.9. The molecule has 0 aliphatic heterocycles. The molecule has 1 heterocycles. The number of amides is 1. The third kappa shape index (κ3) is 4.11. The van der Waals surface area contributed by atoms with Gasteiger partial charge < -0.3 is 13.9 Å². The maximum Gasteiger partial charge on any atom is 0.307 e. The molecule has 6 nitrogen and oxygen atoms in total. The molecule has 0 unspecified atom stereocenters. The number of ether oxygens (including phenoxy) is 2. The van der Waals surface area contributed by atoms with Crippen LogP contribution in [0.1, 0.15) is 23.0 Å². The van der Waals surface area contributed by atoms with Crippen LogP contribution >= 0.6 is 15.9 Å². The predicted octanol–water partition coefficient (Wildman–Crippen LogP) is 3.21. The largest absolute Gasteiger partial charge is 0.493 e. The Bertz CT molecular complexity index is 682. The van der Waals surface area contributed by atoms with E-state index in [-0.39, 0.29) is 5.76 Å². The molecule has 0 atom stereocenters. The first-order valence-corrected chi connectivity index (χ1v) is 7.33. The van der Waals surface area contributed by atoms with Gasteiger partial charge in [-0.1, -0.05) is 0 Å². The Balaban J connectivity index is 2.02. The summed E-state index contributed by atoms with van der Waals surface area (Å²) in [7, 11) is 1.56. The quantitative estimate of drug-likeness (QED) is 0.629. The molecule has 0 spiro atoms. The fourth-order valence-corrected chi connectivity index (χ4v) is 2.00. The van der Waals surface area contributed by atoms with Gasteiger partial charge >= 0.3 is 5.91 Å². The number of carbonyl (C=O) groups is 1. The van der Waals surface area contributed by atoms with E-state index in [4.69, 9.17) is 13.9 Å². The zero-order valence-corrected chi connectivity index (χ0v) is 13.7. The normalized spacial score (nSPS) is 10.7. The number of furan rings is 1. The van der Waals surface area contributed by atoms with Gasteiger partial charge in [-0.25, -0.2) is 5.43 Å². The van der Waals surface area contributed by atoms with Crippen molar-refractivity contribution in [2.75, 3.05) is 13.7 Å². The van der Waals surface area contributed by atoms with Gasteiger partial charge in [-0.15, -0.1) is 0 Å². The van der Waals surface area contributed by atoms with Gasteiger partial charge in [-0.3, -0.25) is 4.79 Å². The van der Waals surface area contributed by atoms with Crippen LogP contribution in [-0.4, -0.2) is 25.8 Å². The minimum absolute atomic E-state index is 0.174. The van der Waals surface area contributed by atoms with Crippen molar-refractivity contribution in [1.82, 2.24) is 5.43 Å². The average Bonchev–Trinajstić information content (AvgIpc) is 2.95. The summed E-state index contributed by atoms with van der Waals surface area (Å²) in [6.07, 6.45) is 1.51. The minimum Gasteiger partial charge on any atom is -0.493 e. The van der Waals surface area contributed by atoms with E-state index in [1.54, 1.807) is 31.4 Å². The molecule has 0 radical (unpaired) electrons. The zero-order chi connectivity index (χ0) is 15.9. The molecule has 7 heteroatoms. The minimum atomic E-state index is -0.431. The fraction of sp³-hybridized carbons (Fsp3) is 0.200. The number of benzene rings is 1. The van der Waals surface area contributed by atoms with E-state index in [1.807, 2.05) is 13.0 Å². The van der Waals surface area contributed by atoms with E-state index in [9.17, 15) is 4.79 Å². The summed E-state index contributed by atoms with van der Waals surface area (Å²) in [5.74, 6) is 1.01. The lowest BCUT2D eigenvalue weighted by molar-refractivity contribution is 0.0926. The summed E-state index contributed by atoms with van der Waals surface area (Å²) >= 11 is 3.13. The van der Waals surface area contributed by atoms with Crippen LogP contribution in [0.15, 0.2) is 44.5 Å². The molecular formula is C15H15BrN2O4. The first-order chi connectivity index (χ1) is 10.6. The fourth-order valence-electron chi connectivity index (χ4n) is 1.70. The first kappa shape index (κ1) is 16.1. The Morgan fingerprint density at radius 3 is 2.82 bits per heavy atom. The van der Waals surface area contributed by atoms with Gasteiger partial charge in [0.15, 0.2) is 21.9 Å². The van der Waals surface area contributed by atoms with Crippen LogP contribution in [0, 0.1) is 0 Å². The maximum absolute atomic E-state index is 11.7. The standard InChI is InChI=1S/C15H15BrN2O4/c1-3-21-11-5-4-10(8-13(11)20-2)9-17-18-15(19)12-6-7-14(16)22-12/h4-9H,3H2,1-2H3,(H,18,19)/b17-9-. The molecule has 116 valence electrons. The van der Waals surface area contributed by atoms with Gasteiger partial charge in [-0.05, 0) is 58.7 Å². The van der Waals surface area contributed by atoms with Crippen LogP contribution in [0.25, 0.3) is 0 Å². The number of hydrogen-bond donors (Lipinski definition) is 1. The second-order valence-electron chi connectivity index (χ2n) is 4.15. The number of carbonyl (C=O) groups excluding carboxylic acids is 1. The van der Waals surface area contributed by atoms with Crippen LogP contribution in [0.2, 0.25) is 0 Å². The summed E-state index contributed by atoms with van der Waals surface area (Å²) < 4.78 is 16.3. The topological polar surface area (TPSA) is 73.1 Å². The number of nitrogens with one attached hydrogen (secondary N) is 1. The lowest BCUT2D eigenvalue weighted by atomic mass is 10.2. The van der Waals surface area contributed by atoms with Crippen molar-refractivity contribution >= 4 is 28.1 Å². The smallest absolute Gasteiger partial charge is 0.307 e. The van der Waals surface area contributed by atoms with E-state index in [2.05, 4.69) is 26.5 Å². The highest BCUT2D eigenvalue weighted by molar-refractivity contribution is 9.10. The summed E-state index contributed by atoms with van der Waals surface area (Å²) in [5.41, 5.74) is 3.15. The van der Waals surface area contributed by atoms with Gasteiger partial charge in [0.1, 0.15) is 0 Å². The molecule has 22 heavy (non-hydrogen) atoms. The van der Waals surface area contributed by atoms with Crippen LogP contribution in [0.5, 0.6) is 11.5 Å². The monoisotopic (exact) mass is 366 g/mol. The second-order valence-corrected chi connectivity index (χ2v) is 4.93. The van der Waals surface area contributed by atoms with Gasteiger partial charge in [0.05, 0.1) is 19.9 Å². The molecule has 0 saturated carbocycles. The molecule has 1 aromatic carbocycles. The number of hydrazone groups is 1. The van der Waals surface area contributed by atoms with Crippen molar-refractivity contribution < 1.29 is 18.7 Å². The van der Waals surface area contributed by atoms with Crippen LogP contribution in [0.4, 0.5) is 0 Å². The summed E-state index contributed by atoms with van der Waals surface area (Å²) in [6.45, 7) is 2.45. The van der Waals surface area contributed by atoms with Gasteiger partial charge in [-0.2, -0.15) is 5.10 Å². The van der Waals surface area contributed by atoms with Crippen molar-refractivity contribution in [3.05, 3.63) is 46.3 Å². The van der Waals surface area contributed by atoms with Crippen LogP contribution in [0.3, 0.4) is 0 Å². The summed E-state index contributed by atoms with van der Waals surface area (Å²) in [4.78, 5) is 11.7. The molecule has 0 fully saturated rings. The Hall–Kier alpha value is -2.28. The van der Waals surface area contributed by atoms with E-state index < -0.39 is 5.91 Å². The van der Waals surface area contributed by atoms with Crippen molar-refractivity contribution in [1.29, 1.82) is 0 Å². The number of rotatable bonds is 6. The molecule has 2 rings (SSSR count). The summed E-state index contributed by atoms with van der Waals surface area (Å²) in [5, 5.41) is 3.88. The van der Waals surface area contributed by atoms with E-state index in [0.29, 0.717) is 22.8 Å². The lowest BCUT2D eigenvalue weighted by Crippen LogP contribution is -2.16. The first-order valence-electron chi connectivity index (χ1n) is 6.53. The molecule has 0 saturated heterocycles. The number of nitrogens with zero attached hydrogens (tertiary/aromatic N) is 1. The van der Waals surface area contributed by atoms with Gasteiger partial charge in [0.25, 0.3) is 0 Å². The van der Waals surface area contributed by atoms with E-state index in [0.717, 1.165) is 5.56 Å². The van der Waals surface area contributed by atoms with Crippen LogP contribution in [-0.2, 0) is 0 Å². The van der Waals surface area contributed by atoms with Crippen LogP contribution < -0.4 is 14.9 Å². The molecule has 1 amide bonds. The third-order valence-electron chi connectivity index (χ3n) is 2.66. The van der Waals surface area contributed by atoms with Crippen molar-refractivity contribution in [2.24, 2.45) is 5.10 Å². The van der Waals surface area contributed by atoms with Gasteiger partial charge in [0.2, 0.25) is 0 Å². The van der Waals surface area contributed by atoms with Crippen molar-refractivity contribution in [3.63, 3.8) is 0 Å². The van der Waals surface area contributed by atoms with E-state index in [1.165, 1.54) is 6.21 Å². The van der Waals surface area contributed by atoms with E-state index >= 15 is 0 Å².